The molecule has 1 fully saturated rings. The SMILES string of the molecule is COc1cc(-c2ccc(-c3cnc(N4C[C@@H](C(C)C)N[C@@H](C)C4)nn3)c(O)c2)ncn1. The molecule has 2 atom stereocenters. The minimum absolute atomic E-state index is 0.0783. The molecule has 31 heavy (non-hydrogen) atoms. The van der Waals surface area contributed by atoms with E-state index in [1.165, 1.54) is 6.33 Å². The highest BCUT2D eigenvalue weighted by molar-refractivity contribution is 5.72. The lowest BCUT2D eigenvalue weighted by Gasteiger charge is -2.39. The molecule has 1 aromatic carbocycles. The van der Waals surface area contributed by atoms with E-state index in [0.717, 1.165) is 18.7 Å². The third-order valence-corrected chi connectivity index (χ3v) is 5.47. The van der Waals surface area contributed by atoms with Gasteiger partial charge in [-0.15, -0.1) is 10.2 Å². The van der Waals surface area contributed by atoms with Crippen molar-refractivity contribution in [2.24, 2.45) is 5.92 Å². The van der Waals surface area contributed by atoms with Crippen molar-refractivity contribution in [2.45, 2.75) is 32.9 Å². The van der Waals surface area contributed by atoms with Gasteiger partial charge in [0.25, 0.3) is 0 Å². The Hall–Kier alpha value is -3.33. The molecule has 9 heteroatoms. The molecule has 0 spiro atoms. The summed E-state index contributed by atoms with van der Waals surface area (Å²) in [4.78, 5) is 14.9. The summed E-state index contributed by atoms with van der Waals surface area (Å²) in [5.74, 6) is 1.66. The van der Waals surface area contributed by atoms with E-state index < -0.39 is 0 Å². The monoisotopic (exact) mass is 421 g/mol. The number of rotatable bonds is 5. The van der Waals surface area contributed by atoms with Crippen molar-refractivity contribution >= 4 is 5.95 Å². The number of hydrogen-bond donors (Lipinski definition) is 2. The third kappa shape index (κ3) is 4.56. The molecule has 0 saturated carbocycles. The lowest BCUT2D eigenvalue weighted by atomic mass is 10.00. The van der Waals surface area contributed by atoms with Gasteiger partial charge < -0.3 is 20.1 Å². The first-order valence-electron chi connectivity index (χ1n) is 10.3. The molecule has 1 aliphatic rings. The van der Waals surface area contributed by atoms with Gasteiger partial charge in [0.15, 0.2) is 0 Å². The largest absolute Gasteiger partial charge is 0.507 e. The lowest BCUT2D eigenvalue weighted by molar-refractivity contribution is 0.319. The van der Waals surface area contributed by atoms with Gasteiger partial charge in [-0.05, 0) is 25.0 Å². The summed E-state index contributed by atoms with van der Waals surface area (Å²) in [5.41, 5.74) is 2.47. The molecule has 2 N–H and O–H groups in total. The van der Waals surface area contributed by atoms with Gasteiger partial charge in [-0.3, -0.25) is 0 Å². The van der Waals surface area contributed by atoms with Crippen LogP contribution in [0.15, 0.2) is 36.8 Å². The zero-order chi connectivity index (χ0) is 22.0. The highest BCUT2D eigenvalue weighted by Crippen LogP contribution is 2.32. The van der Waals surface area contributed by atoms with Crippen molar-refractivity contribution in [3.63, 3.8) is 0 Å². The van der Waals surface area contributed by atoms with E-state index in [0.29, 0.717) is 46.8 Å². The third-order valence-electron chi connectivity index (χ3n) is 5.47. The van der Waals surface area contributed by atoms with E-state index in [1.54, 1.807) is 31.5 Å². The smallest absolute Gasteiger partial charge is 0.245 e. The second-order valence-corrected chi connectivity index (χ2v) is 8.14. The number of anilines is 1. The summed E-state index contributed by atoms with van der Waals surface area (Å²) in [5, 5.41) is 22.9. The molecule has 0 bridgehead atoms. The fourth-order valence-corrected chi connectivity index (χ4v) is 3.73. The number of phenolic OH excluding ortho intramolecular Hbond substituents is 1. The van der Waals surface area contributed by atoms with E-state index in [9.17, 15) is 5.11 Å². The molecular formula is C22H27N7O2. The molecule has 162 valence electrons. The number of aromatic hydroxyl groups is 1. The Balaban J connectivity index is 1.55. The second-order valence-electron chi connectivity index (χ2n) is 8.14. The highest BCUT2D eigenvalue weighted by Gasteiger charge is 2.27. The molecule has 4 rings (SSSR count). The van der Waals surface area contributed by atoms with Crippen LogP contribution >= 0.6 is 0 Å². The normalized spacial score (nSPS) is 18.9. The van der Waals surface area contributed by atoms with Crippen molar-refractivity contribution < 1.29 is 9.84 Å². The van der Waals surface area contributed by atoms with Gasteiger partial charge >= 0.3 is 0 Å². The van der Waals surface area contributed by atoms with Gasteiger partial charge in [-0.25, -0.2) is 15.0 Å². The molecule has 0 aliphatic carbocycles. The minimum Gasteiger partial charge on any atom is -0.507 e. The fraction of sp³-hybridized carbons (Fsp3) is 0.409. The van der Waals surface area contributed by atoms with E-state index in [-0.39, 0.29) is 5.75 Å². The maximum atomic E-state index is 10.6. The zero-order valence-corrected chi connectivity index (χ0v) is 18.1. The van der Waals surface area contributed by atoms with Crippen LogP contribution in [0.4, 0.5) is 5.95 Å². The maximum Gasteiger partial charge on any atom is 0.245 e. The maximum absolute atomic E-state index is 10.6. The molecule has 1 saturated heterocycles. The molecule has 9 nitrogen and oxygen atoms in total. The summed E-state index contributed by atoms with van der Waals surface area (Å²) in [6, 6.07) is 7.72. The van der Waals surface area contributed by atoms with Crippen LogP contribution in [0.5, 0.6) is 11.6 Å². The Morgan fingerprint density at radius 1 is 1.10 bits per heavy atom. The van der Waals surface area contributed by atoms with Crippen molar-refractivity contribution in [2.75, 3.05) is 25.1 Å². The van der Waals surface area contributed by atoms with Crippen LogP contribution < -0.4 is 15.0 Å². The molecule has 1 aliphatic heterocycles. The van der Waals surface area contributed by atoms with Crippen LogP contribution in [-0.2, 0) is 0 Å². The van der Waals surface area contributed by atoms with Gasteiger partial charge in [-0.2, -0.15) is 0 Å². The predicted molar refractivity (Wildman–Crippen MR) is 118 cm³/mol. The lowest BCUT2D eigenvalue weighted by Crippen LogP contribution is -2.57. The molecule has 3 heterocycles. The number of nitrogens with zero attached hydrogens (tertiary/aromatic N) is 6. The molecule has 0 radical (unpaired) electrons. The quantitative estimate of drug-likeness (QED) is 0.642. The molecule has 0 amide bonds. The minimum atomic E-state index is 0.0783. The molecule has 2 aromatic heterocycles. The predicted octanol–water partition coefficient (Wildman–Crippen LogP) is 2.53. The number of methoxy groups -OCH3 is 1. The number of aromatic nitrogens is 5. The number of hydrogen-bond acceptors (Lipinski definition) is 9. The number of nitrogens with one attached hydrogen (secondary N) is 1. The van der Waals surface area contributed by atoms with Gasteiger partial charge in [0.05, 0.1) is 19.0 Å². The first-order chi connectivity index (χ1) is 14.9. The van der Waals surface area contributed by atoms with Crippen LogP contribution in [0.3, 0.4) is 0 Å². The van der Waals surface area contributed by atoms with Gasteiger partial charge in [-0.1, -0.05) is 19.9 Å². The average molecular weight is 422 g/mol. The Kier molecular flexibility index (Phi) is 5.94. The number of phenols is 1. The van der Waals surface area contributed by atoms with Crippen LogP contribution in [0.1, 0.15) is 20.8 Å². The zero-order valence-electron chi connectivity index (χ0n) is 18.1. The summed E-state index contributed by atoms with van der Waals surface area (Å²) in [6.45, 7) is 8.24. The van der Waals surface area contributed by atoms with E-state index in [1.807, 2.05) is 6.07 Å². The van der Waals surface area contributed by atoms with Gasteiger partial charge in [0.2, 0.25) is 11.8 Å². The topological polar surface area (TPSA) is 109 Å². The van der Waals surface area contributed by atoms with Crippen LogP contribution in [0.2, 0.25) is 0 Å². The number of benzene rings is 1. The first kappa shape index (κ1) is 20.9. The Morgan fingerprint density at radius 2 is 1.94 bits per heavy atom. The Morgan fingerprint density at radius 3 is 2.61 bits per heavy atom. The first-order valence-corrected chi connectivity index (χ1v) is 10.3. The fourth-order valence-electron chi connectivity index (χ4n) is 3.73. The highest BCUT2D eigenvalue weighted by atomic mass is 16.5. The molecular weight excluding hydrogens is 394 g/mol. The average Bonchev–Trinajstić information content (AvgIpc) is 2.78. The van der Waals surface area contributed by atoms with Gasteiger partial charge in [0, 0.05) is 42.4 Å². The number of ether oxygens (including phenoxy) is 1. The van der Waals surface area contributed by atoms with Crippen LogP contribution in [-0.4, -0.2) is 62.5 Å². The van der Waals surface area contributed by atoms with Crippen molar-refractivity contribution in [1.82, 2.24) is 30.5 Å². The molecule has 3 aromatic rings. The van der Waals surface area contributed by atoms with Crippen LogP contribution in [0, 0.1) is 5.92 Å². The van der Waals surface area contributed by atoms with Crippen molar-refractivity contribution in [3.8, 4) is 34.1 Å². The van der Waals surface area contributed by atoms with E-state index in [2.05, 4.69) is 56.1 Å². The summed E-state index contributed by atoms with van der Waals surface area (Å²) in [7, 11) is 1.55. The Bertz CT molecular complexity index is 1040. The molecule has 0 unspecified atom stereocenters. The van der Waals surface area contributed by atoms with Crippen molar-refractivity contribution in [3.05, 3.63) is 36.8 Å². The van der Waals surface area contributed by atoms with Crippen LogP contribution in [0.25, 0.3) is 22.5 Å². The second kappa shape index (κ2) is 8.81. The van der Waals surface area contributed by atoms with Gasteiger partial charge in [0.1, 0.15) is 17.8 Å². The Labute approximate surface area is 181 Å². The van der Waals surface area contributed by atoms with E-state index >= 15 is 0 Å². The number of piperazine rings is 1. The standard InChI is InChI=1S/C22H27N7O2/c1-13(2)19-11-29(10-14(3)26-19)22-23-9-18(27-28-22)16-6-5-15(7-20(16)30)17-8-21(31-4)25-12-24-17/h5-9,12-14,19,26,30H,10-11H2,1-4H3/t14-,19-/m0/s1. The van der Waals surface area contributed by atoms with Crippen molar-refractivity contribution in [1.29, 1.82) is 0 Å². The van der Waals surface area contributed by atoms with E-state index in [4.69, 9.17) is 4.74 Å². The summed E-state index contributed by atoms with van der Waals surface area (Å²) >= 11 is 0. The summed E-state index contributed by atoms with van der Waals surface area (Å²) in [6.07, 6.45) is 3.08. The summed E-state index contributed by atoms with van der Waals surface area (Å²) < 4.78 is 5.14.